The van der Waals surface area contributed by atoms with Crippen LogP contribution in [0, 0.1) is 5.92 Å². The molecule has 0 radical (unpaired) electrons. The van der Waals surface area contributed by atoms with Gasteiger partial charge in [-0.2, -0.15) is 11.3 Å². The molecule has 42 heavy (non-hydrogen) atoms. The molecule has 4 heterocycles. The highest BCUT2D eigenvalue weighted by Crippen LogP contribution is 2.45. The van der Waals surface area contributed by atoms with E-state index in [0.29, 0.717) is 25.1 Å². The minimum Gasteiger partial charge on any atom is -0.496 e. The minimum atomic E-state index is -0.0453. The first-order chi connectivity index (χ1) is 20.4. The standard InChI is InChI=1S/C35H38N2O4S/c1-23(2)17-26-19-29-33(20-32(26)40-3)41-21-30-28(11-15-37(34(29)30)27-12-16-42-22-27)35(39)36-13-6-9-25(10-14-36)31(38)18-24-7-4-5-8-24/h12,15-20,22,25H,4-10,13-14,21H2,1-3H3. The average Bonchev–Trinajstić information content (AvgIpc) is 3.66. The van der Waals surface area contributed by atoms with Crippen LogP contribution < -0.4 is 14.4 Å². The maximum absolute atomic E-state index is 14.1. The number of carbonyl (C=O) groups is 2. The molecule has 2 fully saturated rings. The van der Waals surface area contributed by atoms with Crippen LogP contribution in [0.3, 0.4) is 0 Å². The van der Waals surface area contributed by atoms with E-state index < -0.39 is 0 Å². The van der Waals surface area contributed by atoms with Gasteiger partial charge in [-0.05, 0) is 82.4 Å². The molecule has 3 aliphatic heterocycles. The largest absolute Gasteiger partial charge is 0.496 e. The van der Waals surface area contributed by atoms with E-state index in [4.69, 9.17) is 9.47 Å². The lowest BCUT2D eigenvalue weighted by atomic mass is 9.92. The second-order valence-electron chi connectivity index (χ2n) is 11.8. The number of nitrogens with zero attached hydrogens (tertiary/aromatic N) is 2. The van der Waals surface area contributed by atoms with Gasteiger partial charge in [-0.1, -0.05) is 23.0 Å². The van der Waals surface area contributed by atoms with Gasteiger partial charge in [0.2, 0.25) is 0 Å². The number of carbonyl (C=O) groups excluding carboxylic acids is 2. The molecule has 218 valence electrons. The number of likely N-dealkylation sites (tertiary alicyclic amines) is 1. The molecule has 6 rings (SSSR count). The van der Waals surface area contributed by atoms with Crippen LogP contribution in [0.5, 0.6) is 11.5 Å². The molecule has 1 saturated carbocycles. The van der Waals surface area contributed by atoms with Crippen molar-refractivity contribution < 1.29 is 19.1 Å². The van der Waals surface area contributed by atoms with Gasteiger partial charge < -0.3 is 19.3 Å². The minimum absolute atomic E-state index is 0.0102. The number of ether oxygens (including phenoxy) is 2. The molecule has 7 heteroatoms. The third-order valence-corrected chi connectivity index (χ3v) is 9.25. The van der Waals surface area contributed by atoms with Crippen molar-refractivity contribution in [3.8, 4) is 11.5 Å². The Morgan fingerprint density at radius 1 is 1.12 bits per heavy atom. The number of amides is 1. The summed E-state index contributed by atoms with van der Waals surface area (Å²) in [5.74, 6) is 1.66. The highest BCUT2D eigenvalue weighted by molar-refractivity contribution is 7.08. The van der Waals surface area contributed by atoms with Gasteiger partial charge in [-0.3, -0.25) is 9.59 Å². The maximum atomic E-state index is 14.1. The number of rotatable bonds is 6. The van der Waals surface area contributed by atoms with E-state index in [0.717, 1.165) is 70.8 Å². The van der Waals surface area contributed by atoms with Crippen molar-refractivity contribution in [1.82, 2.24) is 4.90 Å². The number of hydrogen-bond donors (Lipinski definition) is 0. The van der Waals surface area contributed by atoms with Crippen molar-refractivity contribution >= 4 is 40.5 Å². The van der Waals surface area contributed by atoms with Crippen LogP contribution >= 0.6 is 11.3 Å². The summed E-state index contributed by atoms with van der Waals surface area (Å²) in [5.41, 5.74) is 11.0. The predicted molar refractivity (Wildman–Crippen MR) is 169 cm³/mol. The summed E-state index contributed by atoms with van der Waals surface area (Å²) in [6.45, 7) is 5.59. The van der Waals surface area contributed by atoms with Crippen LogP contribution in [-0.2, 0) is 9.59 Å². The van der Waals surface area contributed by atoms with Crippen molar-refractivity contribution in [3.05, 3.63) is 80.4 Å². The Balaban J connectivity index is 1.33. The first kappa shape index (κ1) is 28.3. The Labute approximate surface area is 252 Å². The Morgan fingerprint density at radius 3 is 2.69 bits per heavy atom. The highest BCUT2D eigenvalue weighted by atomic mass is 32.1. The quantitative estimate of drug-likeness (QED) is 0.260. The Hall–Kier alpha value is -3.80. The van der Waals surface area contributed by atoms with Crippen molar-refractivity contribution in [1.29, 1.82) is 0 Å². The molecule has 2 aromatic rings. The van der Waals surface area contributed by atoms with Crippen LogP contribution in [0.2, 0.25) is 0 Å². The fraction of sp³-hybridized carbons (Fsp3) is 0.400. The molecule has 1 aromatic heterocycles. The van der Waals surface area contributed by atoms with Crippen LogP contribution in [0.15, 0.2) is 69.3 Å². The predicted octanol–water partition coefficient (Wildman–Crippen LogP) is 7.54. The van der Waals surface area contributed by atoms with Gasteiger partial charge in [0.1, 0.15) is 18.1 Å². The van der Waals surface area contributed by atoms with E-state index in [2.05, 4.69) is 48.1 Å². The number of benzene rings is 1. The van der Waals surface area contributed by atoms with Gasteiger partial charge in [-0.25, -0.2) is 0 Å². The molecule has 1 atom stereocenters. The third kappa shape index (κ3) is 5.64. The van der Waals surface area contributed by atoms with Crippen LogP contribution in [0.4, 0.5) is 5.69 Å². The smallest absolute Gasteiger partial charge is 0.262 e. The maximum Gasteiger partial charge on any atom is 0.262 e. The lowest BCUT2D eigenvalue weighted by Gasteiger charge is -2.34. The summed E-state index contributed by atoms with van der Waals surface area (Å²) < 4.78 is 12.0. The molecule has 1 saturated heterocycles. The lowest BCUT2D eigenvalue weighted by Crippen LogP contribution is -2.36. The SMILES string of the molecule is COc1cc2c(cc1C=C(C)C)C1=C(CO2)C(C(=O)N2CCCC(C(=O)C=C3CCCC3)CC2)=C=CN1c1ccsc1. The molecule has 1 unspecified atom stereocenters. The third-order valence-electron chi connectivity index (χ3n) is 8.58. The van der Waals surface area contributed by atoms with E-state index in [-0.39, 0.29) is 24.2 Å². The molecule has 1 aliphatic carbocycles. The average molecular weight is 583 g/mol. The van der Waals surface area contributed by atoms with E-state index >= 15 is 0 Å². The molecule has 0 N–H and O–H groups in total. The second-order valence-corrected chi connectivity index (χ2v) is 12.5. The fourth-order valence-corrected chi connectivity index (χ4v) is 7.06. The van der Waals surface area contributed by atoms with Crippen molar-refractivity contribution in [3.63, 3.8) is 0 Å². The van der Waals surface area contributed by atoms with Gasteiger partial charge in [-0.15, -0.1) is 0 Å². The zero-order valence-electron chi connectivity index (χ0n) is 24.7. The van der Waals surface area contributed by atoms with Crippen molar-refractivity contribution in [2.45, 2.75) is 58.8 Å². The topological polar surface area (TPSA) is 59.1 Å². The van der Waals surface area contributed by atoms with Crippen LogP contribution in [-0.4, -0.2) is 43.4 Å². The summed E-state index contributed by atoms with van der Waals surface area (Å²) in [5, 5.41) is 4.15. The zero-order valence-corrected chi connectivity index (χ0v) is 25.5. The first-order valence-corrected chi connectivity index (χ1v) is 15.9. The highest BCUT2D eigenvalue weighted by Gasteiger charge is 2.35. The van der Waals surface area contributed by atoms with E-state index in [1.54, 1.807) is 18.4 Å². The normalized spacial score (nSPS) is 19.8. The molecule has 6 nitrogen and oxygen atoms in total. The fourth-order valence-electron chi connectivity index (χ4n) is 6.43. The molecule has 1 aromatic carbocycles. The molecular formula is C35H38N2O4S. The van der Waals surface area contributed by atoms with E-state index in [1.807, 2.05) is 28.6 Å². The van der Waals surface area contributed by atoms with Crippen molar-refractivity contribution in [2.75, 3.05) is 31.7 Å². The summed E-state index contributed by atoms with van der Waals surface area (Å²) in [7, 11) is 1.67. The van der Waals surface area contributed by atoms with E-state index in [9.17, 15) is 9.59 Å². The van der Waals surface area contributed by atoms with Crippen LogP contribution in [0.1, 0.15) is 69.9 Å². The number of anilines is 1. The Kier molecular flexibility index (Phi) is 8.23. The Morgan fingerprint density at radius 2 is 1.95 bits per heavy atom. The number of thiophene rings is 1. The van der Waals surface area contributed by atoms with Gasteiger partial charge in [0, 0.05) is 47.2 Å². The van der Waals surface area contributed by atoms with E-state index in [1.165, 1.54) is 18.4 Å². The number of hydrogen-bond acceptors (Lipinski definition) is 6. The van der Waals surface area contributed by atoms with Gasteiger partial charge >= 0.3 is 0 Å². The lowest BCUT2D eigenvalue weighted by molar-refractivity contribution is -0.127. The Bertz CT molecular complexity index is 1540. The summed E-state index contributed by atoms with van der Waals surface area (Å²) in [4.78, 5) is 31.2. The monoisotopic (exact) mass is 582 g/mol. The summed E-state index contributed by atoms with van der Waals surface area (Å²) in [6, 6.07) is 6.11. The first-order valence-electron chi connectivity index (χ1n) is 15.0. The summed E-state index contributed by atoms with van der Waals surface area (Å²) >= 11 is 1.63. The van der Waals surface area contributed by atoms with Gasteiger partial charge in [0.05, 0.1) is 30.3 Å². The van der Waals surface area contributed by atoms with Gasteiger partial charge in [0.25, 0.3) is 5.91 Å². The van der Waals surface area contributed by atoms with Crippen molar-refractivity contribution in [2.24, 2.45) is 5.92 Å². The molecule has 4 aliphatic rings. The summed E-state index contributed by atoms with van der Waals surface area (Å²) in [6.07, 6.45) is 12.7. The number of methoxy groups -OCH3 is 1. The molecule has 0 spiro atoms. The zero-order chi connectivity index (χ0) is 29.2. The molecule has 1 amide bonds. The molecular weight excluding hydrogens is 544 g/mol. The van der Waals surface area contributed by atoms with Crippen LogP contribution in [0.25, 0.3) is 11.8 Å². The number of allylic oxidation sites excluding steroid dienone is 3. The number of ketones is 1. The number of fused-ring (bicyclic) bond motifs is 2. The second kappa shape index (κ2) is 12.2. The molecule has 0 bridgehead atoms. The van der Waals surface area contributed by atoms with Gasteiger partial charge in [0.15, 0.2) is 5.78 Å².